The lowest BCUT2D eigenvalue weighted by Gasteiger charge is -2.24. The number of nitrogens with two attached hydrogens (primary N) is 1. The minimum atomic E-state index is -0.00755. The monoisotopic (exact) mass is 220 g/mol. The highest BCUT2D eigenvalue weighted by Gasteiger charge is 2.17. The SMILES string of the molecule is CCC(C)N(C)C(=O)c1ccc(C)cc1N. The Bertz CT molecular complexity index is 388. The zero-order valence-corrected chi connectivity index (χ0v) is 10.4. The standard InChI is InChI=1S/C13H20N2O/c1-5-10(3)15(4)13(16)11-7-6-9(2)8-12(11)14/h6-8,10H,5,14H2,1-4H3. The van der Waals surface area contributed by atoms with E-state index in [1.807, 2.05) is 33.0 Å². The van der Waals surface area contributed by atoms with Gasteiger partial charge >= 0.3 is 0 Å². The molecule has 1 rings (SSSR count). The molecule has 2 N–H and O–H groups in total. The molecule has 0 aliphatic heterocycles. The van der Waals surface area contributed by atoms with Crippen molar-refractivity contribution in [1.82, 2.24) is 4.90 Å². The molecule has 1 aromatic rings. The average molecular weight is 220 g/mol. The van der Waals surface area contributed by atoms with Crippen LogP contribution in [-0.2, 0) is 0 Å². The highest BCUT2D eigenvalue weighted by Crippen LogP contribution is 2.17. The van der Waals surface area contributed by atoms with Gasteiger partial charge in [-0.1, -0.05) is 13.0 Å². The Morgan fingerprint density at radius 1 is 1.50 bits per heavy atom. The van der Waals surface area contributed by atoms with Gasteiger partial charge in [0.1, 0.15) is 0 Å². The van der Waals surface area contributed by atoms with Gasteiger partial charge in [-0.25, -0.2) is 0 Å². The van der Waals surface area contributed by atoms with Gasteiger partial charge in [0.15, 0.2) is 0 Å². The molecule has 0 aromatic heterocycles. The third kappa shape index (κ3) is 2.54. The van der Waals surface area contributed by atoms with Crippen LogP contribution in [0, 0.1) is 6.92 Å². The summed E-state index contributed by atoms with van der Waals surface area (Å²) in [4.78, 5) is 13.9. The summed E-state index contributed by atoms with van der Waals surface area (Å²) in [6.07, 6.45) is 0.938. The summed E-state index contributed by atoms with van der Waals surface area (Å²) < 4.78 is 0. The minimum Gasteiger partial charge on any atom is -0.398 e. The van der Waals surface area contributed by atoms with Gasteiger partial charge in [0.2, 0.25) is 0 Å². The maximum Gasteiger partial charge on any atom is 0.255 e. The van der Waals surface area contributed by atoms with Crippen molar-refractivity contribution in [3.05, 3.63) is 29.3 Å². The van der Waals surface area contributed by atoms with E-state index in [2.05, 4.69) is 6.92 Å². The van der Waals surface area contributed by atoms with Crippen molar-refractivity contribution in [2.45, 2.75) is 33.2 Å². The molecule has 0 saturated carbocycles. The second-order valence-electron chi connectivity index (χ2n) is 4.26. The molecule has 1 atom stereocenters. The molecule has 1 amide bonds. The van der Waals surface area contributed by atoms with Crippen LogP contribution in [0.25, 0.3) is 0 Å². The predicted molar refractivity (Wildman–Crippen MR) is 67.4 cm³/mol. The zero-order chi connectivity index (χ0) is 12.3. The molecule has 0 aliphatic carbocycles. The van der Waals surface area contributed by atoms with Crippen LogP contribution in [0.3, 0.4) is 0 Å². The maximum atomic E-state index is 12.1. The van der Waals surface area contributed by atoms with Crippen molar-refractivity contribution >= 4 is 11.6 Å². The molecule has 0 bridgehead atoms. The lowest BCUT2D eigenvalue weighted by molar-refractivity contribution is 0.0741. The third-order valence-corrected chi connectivity index (χ3v) is 3.01. The first-order valence-electron chi connectivity index (χ1n) is 5.60. The topological polar surface area (TPSA) is 46.3 Å². The summed E-state index contributed by atoms with van der Waals surface area (Å²) in [5.41, 5.74) is 8.07. The average Bonchev–Trinajstić information content (AvgIpc) is 2.26. The van der Waals surface area contributed by atoms with Crippen molar-refractivity contribution in [2.75, 3.05) is 12.8 Å². The van der Waals surface area contributed by atoms with Crippen LogP contribution in [0.4, 0.5) is 5.69 Å². The second-order valence-corrected chi connectivity index (χ2v) is 4.26. The summed E-state index contributed by atoms with van der Waals surface area (Å²) in [5.74, 6) is -0.00755. The maximum absolute atomic E-state index is 12.1. The van der Waals surface area contributed by atoms with Crippen molar-refractivity contribution in [1.29, 1.82) is 0 Å². The number of aryl methyl sites for hydroxylation is 1. The second kappa shape index (κ2) is 5.01. The number of rotatable bonds is 3. The molecular formula is C13H20N2O. The van der Waals surface area contributed by atoms with Crippen LogP contribution in [0.15, 0.2) is 18.2 Å². The van der Waals surface area contributed by atoms with E-state index in [0.29, 0.717) is 11.3 Å². The number of nitrogens with zero attached hydrogens (tertiary/aromatic N) is 1. The minimum absolute atomic E-state index is 0.00755. The normalized spacial score (nSPS) is 12.2. The van der Waals surface area contributed by atoms with Crippen molar-refractivity contribution < 1.29 is 4.79 Å². The van der Waals surface area contributed by atoms with Gasteiger partial charge in [0.05, 0.1) is 5.56 Å². The van der Waals surface area contributed by atoms with Gasteiger partial charge < -0.3 is 10.6 Å². The number of amides is 1. The van der Waals surface area contributed by atoms with Gasteiger partial charge in [-0.05, 0) is 38.0 Å². The van der Waals surface area contributed by atoms with Crippen LogP contribution in [-0.4, -0.2) is 23.9 Å². The number of carbonyl (C=O) groups is 1. The summed E-state index contributed by atoms with van der Waals surface area (Å²) in [5, 5.41) is 0. The van der Waals surface area contributed by atoms with Gasteiger partial charge in [-0.2, -0.15) is 0 Å². The summed E-state index contributed by atoms with van der Waals surface area (Å²) in [6.45, 7) is 6.05. The summed E-state index contributed by atoms with van der Waals surface area (Å²) >= 11 is 0. The van der Waals surface area contributed by atoms with Crippen LogP contribution >= 0.6 is 0 Å². The molecule has 88 valence electrons. The Morgan fingerprint density at radius 3 is 2.62 bits per heavy atom. The number of hydrogen-bond acceptors (Lipinski definition) is 2. The van der Waals surface area contributed by atoms with E-state index in [1.54, 1.807) is 11.0 Å². The molecular weight excluding hydrogens is 200 g/mol. The van der Waals surface area contributed by atoms with Crippen LogP contribution in [0.2, 0.25) is 0 Å². The van der Waals surface area contributed by atoms with Gasteiger partial charge in [-0.3, -0.25) is 4.79 Å². The van der Waals surface area contributed by atoms with Crippen molar-refractivity contribution in [3.8, 4) is 0 Å². The first-order chi connectivity index (χ1) is 7.47. The number of anilines is 1. The van der Waals surface area contributed by atoms with E-state index >= 15 is 0 Å². The van der Waals surface area contributed by atoms with Crippen LogP contribution < -0.4 is 5.73 Å². The Hall–Kier alpha value is -1.51. The smallest absolute Gasteiger partial charge is 0.255 e. The number of nitrogen functional groups attached to an aromatic ring is 1. The van der Waals surface area contributed by atoms with Gasteiger partial charge in [-0.15, -0.1) is 0 Å². The van der Waals surface area contributed by atoms with E-state index in [1.165, 1.54) is 0 Å². The summed E-state index contributed by atoms with van der Waals surface area (Å²) in [6, 6.07) is 5.77. The Morgan fingerprint density at radius 2 is 2.12 bits per heavy atom. The molecule has 1 aromatic carbocycles. The fourth-order valence-corrected chi connectivity index (χ4v) is 1.54. The first-order valence-corrected chi connectivity index (χ1v) is 5.60. The highest BCUT2D eigenvalue weighted by atomic mass is 16.2. The van der Waals surface area contributed by atoms with E-state index < -0.39 is 0 Å². The van der Waals surface area contributed by atoms with Gasteiger partial charge in [0.25, 0.3) is 5.91 Å². The Kier molecular flexibility index (Phi) is 3.93. The molecule has 0 saturated heterocycles. The number of hydrogen-bond donors (Lipinski definition) is 1. The highest BCUT2D eigenvalue weighted by molar-refractivity contribution is 5.99. The molecule has 0 fully saturated rings. The lowest BCUT2D eigenvalue weighted by atomic mass is 10.1. The van der Waals surface area contributed by atoms with Crippen LogP contribution in [0.1, 0.15) is 36.2 Å². The number of benzene rings is 1. The molecule has 16 heavy (non-hydrogen) atoms. The van der Waals surface area contributed by atoms with E-state index in [-0.39, 0.29) is 11.9 Å². The molecule has 1 unspecified atom stereocenters. The summed E-state index contributed by atoms with van der Waals surface area (Å²) in [7, 11) is 1.82. The van der Waals surface area contributed by atoms with Crippen molar-refractivity contribution in [2.24, 2.45) is 0 Å². The number of carbonyl (C=O) groups excluding carboxylic acids is 1. The van der Waals surface area contributed by atoms with E-state index in [4.69, 9.17) is 5.73 Å². The molecule has 3 heteroatoms. The first kappa shape index (κ1) is 12.6. The predicted octanol–water partition coefficient (Wildman–Crippen LogP) is 2.45. The largest absolute Gasteiger partial charge is 0.398 e. The molecule has 0 heterocycles. The Labute approximate surface area is 97.2 Å². The fraction of sp³-hybridized carbons (Fsp3) is 0.462. The quantitative estimate of drug-likeness (QED) is 0.795. The van der Waals surface area contributed by atoms with E-state index in [0.717, 1.165) is 12.0 Å². The molecule has 0 aliphatic rings. The van der Waals surface area contributed by atoms with Crippen molar-refractivity contribution in [3.63, 3.8) is 0 Å². The van der Waals surface area contributed by atoms with Crippen LogP contribution in [0.5, 0.6) is 0 Å². The third-order valence-electron chi connectivity index (χ3n) is 3.01. The molecule has 0 radical (unpaired) electrons. The molecule has 3 nitrogen and oxygen atoms in total. The Balaban J connectivity index is 2.96. The van der Waals surface area contributed by atoms with E-state index in [9.17, 15) is 4.79 Å². The fourth-order valence-electron chi connectivity index (χ4n) is 1.54. The zero-order valence-electron chi connectivity index (χ0n) is 10.4. The van der Waals surface area contributed by atoms with Gasteiger partial charge in [0, 0.05) is 18.8 Å². The lowest BCUT2D eigenvalue weighted by Crippen LogP contribution is -2.35. The molecule has 0 spiro atoms.